The normalized spacial score (nSPS) is 19.0. The lowest BCUT2D eigenvalue weighted by atomic mass is 10.0. The highest BCUT2D eigenvalue weighted by molar-refractivity contribution is 14.0. The molecule has 1 saturated heterocycles. The number of aliphatic imine (C=N–C) groups is 1. The van der Waals surface area contributed by atoms with Crippen molar-refractivity contribution in [1.82, 2.24) is 9.88 Å². The van der Waals surface area contributed by atoms with Crippen molar-refractivity contribution < 1.29 is 9.13 Å². The molecule has 152 valence electrons. The number of nitrogens with zero attached hydrogens (tertiary/aromatic N) is 3. The van der Waals surface area contributed by atoms with Crippen molar-refractivity contribution in [3.63, 3.8) is 0 Å². The van der Waals surface area contributed by atoms with Crippen LogP contribution in [-0.4, -0.2) is 48.2 Å². The molecule has 6 nitrogen and oxygen atoms in total. The van der Waals surface area contributed by atoms with Crippen molar-refractivity contribution in [3.05, 3.63) is 59.0 Å². The summed E-state index contributed by atoms with van der Waals surface area (Å²) in [4.78, 5) is 10.7. The molecule has 0 saturated carbocycles. The van der Waals surface area contributed by atoms with Gasteiger partial charge < -0.3 is 15.8 Å². The zero-order valence-corrected chi connectivity index (χ0v) is 18.6. The molecule has 2 unspecified atom stereocenters. The summed E-state index contributed by atoms with van der Waals surface area (Å²) < 4.78 is 20.2. The van der Waals surface area contributed by atoms with E-state index < -0.39 is 0 Å². The molecule has 2 heterocycles. The molecule has 1 fully saturated rings. The third-order valence-electron chi connectivity index (χ3n) is 4.40. The number of nitrogens with one attached hydrogen (secondary N) is 1. The van der Waals surface area contributed by atoms with Gasteiger partial charge in [0.15, 0.2) is 5.96 Å². The average Bonchev–Trinajstić information content (AvgIpc) is 2.65. The van der Waals surface area contributed by atoms with Crippen LogP contribution in [0.25, 0.3) is 0 Å². The van der Waals surface area contributed by atoms with Crippen molar-refractivity contribution in [2.24, 2.45) is 10.7 Å². The van der Waals surface area contributed by atoms with Crippen LogP contribution >= 0.6 is 35.6 Å². The highest BCUT2D eigenvalue weighted by atomic mass is 127. The molecule has 1 aromatic carbocycles. The largest absolute Gasteiger partial charge is 0.376 e. The van der Waals surface area contributed by atoms with Gasteiger partial charge in [-0.2, -0.15) is 0 Å². The topological polar surface area (TPSA) is 75.8 Å². The van der Waals surface area contributed by atoms with Gasteiger partial charge in [-0.25, -0.2) is 9.37 Å². The number of halogens is 3. The second-order valence-electron chi connectivity index (χ2n) is 6.39. The molecule has 1 aliphatic rings. The lowest BCUT2D eigenvalue weighted by Crippen LogP contribution is -2.44. The number of nitrogens with two attached hydrogens (primary N) is 1. The number of aromatic nitrogens is 1. The van der Waals surface area contributed by atoms with Crippen LogP contribution in [0.15, 0.2) is 47.6 Å². The molecule has 28 heavy (non-hydrogen) atoms. The van der Waals surface area contributed by atoms with Crippen LogP contribution in [0, 0.1) is 5.82 Å². The molecule has 0 bridgehead atoms. The Morgan fingerprint density at radius 2 is 2.25 bits per heavy atom. The number of hydrogen-bond donors (Lipinski definition) is 2. The van der Waals surface area contributed by atoms with Crippen LogP contribution in [-0.2, 0) is 4.74 Å². The number of guanidine groups is 1. The number of pyridine rings is 1. The second kappa shape index (κ2) is 10.9. The first-order valence-corrected chi connectivity index (χ1v) is 9.20. The van der Waals surface area contributed by atoms with Crippen LogP contribution in [0.2, 0.25) is 5.02 Å². The standard InChI is InChI=1S/C19H23ClFN5O.HI/c1-13-12-26(9-10-27-13)16(18-14(20)5-4-6-15(18)21)11-24-19(22)25-17-7-2-3-8-23-17;/h2-8,13,16H,9-12H2,1H3,(H3,22,23,24,25);1H. The Balaban J connectivity index is 0.00000280. The van der Waals surface area contributed by atoms with Crippen LogP contribution < -0.4 is 11.1 Å². The zero-order valence-electron chi connectivity index (χ0n) is 15.5. The molecular formula is C19H24ClFIN5O. The summed E-state index contributed by atoms with van der Waals surface area (Å²) in [6, 6.07) is 9.81. The van der Waals surface area contributed by atoms with Gasteiger partial charge >= 0.3 is 0 Å². The van der Waals surface area contributed by atoms with E-state index in [2.05, 4.69) is 20.2 Å². The molecule has 2 atom stereocenters. The summed E-state index contributed by atoms with van der Waals surface area (Å²) >= 11 is 6.32. The highest BCUT2D eigenvalue weighted by Crippen LogP contribution is 2.31. The van der Waals surface area contributed by atoms with Gasteiger partial charge in [0.05, 0.1) is 25.3 Å². The Hall–Kier alpha value is -1.49. The van der Waals surface area contributed by atoms with E-state index in [0.29, 0.717) is 36.1 Å². The lowest BCUT2D eigenvalue weighted by molar-refractivity contribution is -0.0336. The monoisotopic (exact) mass is 519 g/mol. The molecule has 0 radical (unpaired) electrons. The second-order valence-corrected chi connectivity index (χ2v) is 6.80. The first-order valence-electron chi connectivity index (χ1n) is 8.82. The summed E-state index contributed by atoms with van der Waals surface area (Å²) in [5.41, 5.74) is 6.43. The van der Waals surface area contributed by atoms with Gasteiger partial charge in [-0.1, -0.05) is 23.7 Å². The predicted octanol–water partition coefficient (Wildman–Crippen LogP) is 3.68. The number of rotatable bonds is 5. The van der Waals surface area contributed by atoms with E-state index in [1.807, 2.05) is 19.1 Å². The van der Waals surface area contributed by atoms with Crippen molar-refractivity contribution in [3.8, 4) is 0 Å². The quantitative estimate of drug-likeness (QED) is 0.358. The van der Waals surface area contributed by atoms with Gasteiger partial charge in [-0.05, 0) is 31.2 Å². The van der Waals surface area contributed by atoms with Gasteiger partial charge in [0, 0.05) is 29.9 Å². The van der Waals surface area contributed by atoms with Crippen LogP contribution in [0.3, 0.4) is 0 Å². The first-order chi connectivity index (χ1) is 13.0. The summed E-state index contributed by atoms with van der Waals surface area (Å²) in [7, 11) is 0. The van der Waals surface area contributed by atoms with E-state index in [4.69, 9.17) is 22.1 Å². The molecule has 3 N–H and O–H groups in total. The minimum absolute atomic E-state index is 0. The molecule has 0 amide bonds. The van der Waals surface area contributed by atoms with Gasteiger partial charge in [-0.3, -0.25) is 9.89 Å². The third-order valence-corrected chi connectivity index (χ3v) is 4.73. The molecule has 0 spiro atoms. The number of morpholine rings is 1. The number of anilines is 1. The van der Waals surface area contributed by atoms with E-state index in [0.717, 1.165) is 0 Å². The first kappa shape index (κ1) is 22.8. The predicted molar refractivity (Wildman–Crippen MR) is 121 cm³/mol. The van der Waals surface area contributed by atoms with E-state index in [9.17, 15) is 4.39 Å². The van der Waals surface area contributed by atoms with Gasteiger partial charge in [0.1, 0.15) is 11.6 Å². The minimum atomic E-state index is -0.349. The fourth-order valence-electron chi connectivity index (χ4n) is 3.14. The molecule has 2 aromatic rings. The Kier molecular flexibility index (Phi) is 8.87. The van der Waals surface area contributed by atoms with Crippen molar-refractivity contribution in [2.45, 2.75) is 19.1 Å². The van der Waals surface area contributed by atoms with Gasteiger partial charge in [0.2, 0.25) is 0 Å². The summed E-state index contributed by atoms with van der Waals surface area (Å²) in [5.74, 6) is 0.463. The third kappa shape index (κ3) is 6.00. The Morgan fingerprint density at radius 3 is 2.93 bits per heavy atom. The summed E-state index contributed by atoms with van der Waals surface area (Å²) in [6.45, 7) is 4.17. The smallest absolute Gasteiger partial charge is 0.194 e. The molecular weight excluding hydrogens is 496 g/mol. The summed E-state index contributed by atoms with van der Waals surface area (Å²) in [5, 5.41) is 3.32. The molecule has 0 aliphatic carbocycles. The van der Waals surface area contributed by atoms with E-state index in [-0.39, 0.29) is 54.4 Å². The van der Waals surface area contributed by atoms with Crippen molar-refractivity contribution >= 4 is 47.4 Å². The van der Waals surface area contributed by atoms with E-state index >= 15 is 0 Å². The Labute approximate surface area is 186 Å². The molecule has 9 heteroatoms. The summed E-state index contributed by atoms with van der Waals surface area (Å²) in [6.07, 6.45) is 1.71. The van der Waals surface area contributed by atoms with E-state index in [1.54, 1.807) is 24.4 Å². The van der Waals surface area contributed by atoms with Crippen molar-refractivity contribution in [1.29, 1.82) is 0 Å². The van der Waals surface area contributed by atoms with Crippen LogP contribution in [0.4, 0.5) is 10.2 Å². The fourth-order valence-corrected chi connectivity index (χ4v) is 3.43. The van der Waals surface area contributed by atoms with E-state index in [1.165, 1.54) is 6.07 Å². The molecule has 1 aromatic heterocycles. The molecule has 1 aliphatic heterocycles. The highest BCUT2D eigenvalue weighted by Gasteiger charge is 2.29. The average molecular weight is 520 g/mol. The zero-order chi connectivity index (χ0) is 19.2. The van der Waals surface area contributed by atoms with Crippen LogP contribution in [0.5, 0.6) is 0 Å². The van der Waals surface area contributed by atoms with Crippen molar-refractivity contribution in [2.75, 3.05) is 31.6 Å². The number of benzene rings is 1. The van der Waals surface area contributed by atoms with Crippen LogP contribution in [0.1, 0.15) is 18.5 Å². The number of ether oxygens (including phenoxy) is 1. The SMILES string of the molecule is CC1CN(C(CN=C(N)Nc2ccccn2)c2c(F)cccc2Cl)CCO1.I. The maximum absolute atomic E-state index is 14.6. The Morgan fingerprint density at radius 1 is 1.43 bits per heavy atom. The maximum Gasteiger partial charge on any atom is 0.194 e. The Bertz CT molecular complexity index is 775. The minimum Gasteiger partial charge on any atom is -0.376 e. The maximum atomic E-state index is 14.6. The van der Waals surface area contributed by atoms with Gasteiger partial charge in [0.25, 0.3) is 0 Å². The fraction of sp³-hybridized carbons (Fsp3) is 0.368. The molecule has 3 rings (SSSR count). The lowest BCUT2D eigenvalue weighted by Gasteiger charge is -2.37. The number of hydrogen-bond acceptors (Lipinski definition) is 4. The van der Waals surface area contributed by atoms with Gasteiger partial charge in [-0.15, -0.1) is 24.0 Å².